The minimum atomic E-state index is -0.914. The molecule has 1 fully saturated rings. The van der Waals surface area contributed by atoms with E-state index in [1.54, 1.807) is 14.0 Å². The summed E-state index contributed by atoms with van der Waals surface area (Å²) in [6, 6.07) is 3.75. The van der Waals surface area contributed by atoms with Crippen LogP contribution in [0.15, 0.2) is 24.5 Å². The molecule has 1 aliphatic rings. The number of nitrogens with two attached hydrogens (primary N) is 1. The standard InChI is InChI=1S/C21H23FN8O4/c1-4-34-30(15-9-14(21(32)25-12-5-6-12)26-27-17(15)19(23)31)16-8-11(22)7-13(18(16)33-3)20-24-10-29(2)28-20/h7-10,12H,4-6H2,1-3H3,(H2,23,31)(H,25,32). The molecule has 2 aromatic heterocycles. The molecule has 1 aliphatic carbocycles. The molecule has 0 spiro atoms. The molecule has 0 saturated heterocycles. The highest BCUT2D eigenvalue weighted by molar-refractivity contribution is 6.00. The van der Waals surface area contributed by atoms with Crippen LogP contribution in [0, 0.1) is 5.82 Å². The first-order valence-electron chi connectivity index (χ1n) is 10.5. The molecule has 3 aromatic rings. The number of nitrogens with one attached hydrogen (secondary N) is 1. The number of ether oxygens (including phenoxy) is 1. The van der Waals surface area contributed by atoms with Crippen molar-refractivity contribution >= 4 is 23.2 Å². The first-order chi connectivity index (χ1) is 16.3. The average Bonchev–Trinajstić information content (AvgIpc) is 3.52. The second kappa shape index (κ2) is 9.39. The van der Waals surface area contributed by atoms with Crippen LogP contribution in [-0.2, 0) is 11.9 Å². The number of carbonyl (C=O) groups excluding carboxylic acids is 2. The number of benzene rings is 1. The van der Waals surface area contributed by atoms with E-state index >= 15 is 0 Å². The molecule has 0 radical (unpaired) electrons. The summed E-state index contributed by atoms with van der Waals surface area (Å²) in [5.74, 6) is -1.64. The molecule has 12 nitrogen and oxygen atoms in total. The fourth-order valence-corrected chi connectivity index (χ4v) is 3.28. The lowest BCUT2D eigenvalue weighted by Crippen LogP contribution is -2.29. The molecule has 34 heavy (non-hydrogen) atoms. The largest absolute Gasteiger partial charge is 0.494 e. The van der Waals surface area contributed by atoms with E-state index in [1.165, 1.54) is 30.3 Å². The van der Waals surface area contributed by atoms with E-state index in [0.29, 0.717) is 0 Å². The van der Waals surface area contributed by atoms with Gasteiger partial charge in [0.25, 0.3) is 11.8 Å². The number of carbonyl (C=O) groups is 2. The minimum absolute atomic E-state index is 0.00544. The molecule has 0 atom stereocenters. The van der Waals surface area contributed by atoms with Gasteiger partial charge in [-0.3, -0.25) is 19.1 Å². The molecule has 4 rings (SSSR count). The minimum Gasteiger partial charge on any atom is -0.494 e. The summed E-state index contributed by atoms with van der Waals surface area (Å²) in [6.07, 6.45) is 3.21. The maximum atomic E-state index is 14.8. The first-order valence-corrected chi connectivity index (χ1v) is 10.5. The SMILES string of the molecule is CCON(c1cc(C(=O)NC2CC2)nnc1C(N)=O)c1cc(F)cc(-c2ncn(C)n2)c1OC. The van der Waals surface area contributed by atoms with Gasteiger partial charge in [0.05, 0.1) is 19.3 Å². The third kappa shape index (κ3) is 4.64. The highest BCUT2D eigenvalue weighted by Crippen LogP contribution is 2.42. The van der Waals surface area contributed by atoms with Crippen LogP contribution in [0.4, 0.5) is 15.8 Å². The van der Waals surface area contributed by atoms with Gasteiger partial charge in [-0.15, -0.1) is 10.2 Å². The molecule has 2 heterocycles. The van der Waals surface area contributed by atoms with E-state index in [-0.39, 0.29) is 52.5 Å². The van der Waals surface area contributed by atoms with Crippen LogP contribution in [0.25, 0.3) is 11.4 Å². The van der Waals surface area contributed by atoms with Crippen LogP contribution in [0.3, 0.4) is 0 Å². The molecule has 1 aromatic carbocycles. The maximum Gasteiger partial charge on any atom is 0.272 e. The monoisotopic (exact) mass is 470 g/mol. The molecule has 0 aliphatic heterocycles. The second-order valence-electron chi connectivity index (χ2n) is 7.54. The zero-order valence-corrected chi connectivity index (χ0v) is 18.8. The van der Waals surface area contributed by atoms with E-state index in [0.717, 1.165) is 24.0 Å². The number of aromatic nitrogens is 5. The van der Waals surface area contributed by atoms with Gasteiger partial charge in [0.1, 0.15) is 23.5 Å². The third-order valence-electron chi connectivity index (χ3n) is 4.93. The summed E-state index contributed by atoms with van der Waals surface area (Å²) in [5.41, 5.74) is 5.50. The topological polar surface area (TPSA) is 150 Å². The Kier molecular flexibility index (Phi) is 6.36. The van der Waals surface area contributed by atoms with Crippen LogP contribution < -0.4 is 20.9 Å². The summed E-state index contributed by atoms with van der Waals surface area (Å²) < 4.78 is 21.8. The van der Waals surface area contributed by atoms with E-state index < -0.39 is 17.6 Å². The number of anilines is 2. The number of primary amides is 1. The molecule has 0 bridgehead atoms. The Morgan fingerprint density at radius 1 is 1.26 bits per heavy atom. The second-order valence-corrected chi connectivity index (χ2v) is 7.54. The Morgan fingerprint density at radius 3 is 2.62 bits per heavy atom. The van der Waals surface area contributed by atoms with Crippen LogP contribution in [-0.4, -0.2) is 56.5 Å². The van der Waals surface area contributed by atoms with E-state index in [1.807, 2.05) is 0 Å². The Balaban J connectivity index is 1.88. The normalized spacial score (nSPS) is 12.9. The lowest BCUT2D eigenvalue weighted by molar-refractivity contribution is 0.0939. The number of hydrogen-bond donors (Lipinski definition) is 2. The highest BCUT2D eigenvalue weighted by atomic mass is 19.1. The Hall–Kier alpha value is -4.13. The number of nitrogens with zero attached hydrogens (tertiary/aromatic N) is 6. The fourth-order valence-electron chi connectivity index (χ4n) is 3.28. The van der Waals surface area contributed by atoms with Gasteiger partial charge in [0.2, 0.25) is 0 Å². The van der Waals surface area contributed by atoms with Gasteiger partial charge in [-0.05, 0) is 31.9 Å². The maximum absolute atomic E-state index is 14.8. The molecular weight excluding hydrogens is 447 g/mol. The van der Waals surface area contributed by atoms with Crippen molar-refractivity contribution in [1.82, 2.24) is 30.3 Å². The van der Waals surface area contributed by atoms with Crippen LogP contribution in [0.2, 0.25) is 0 Å². The average molecular weight is 470 g/mol. The first kappa shape index (κ1) is 23.0. The third-order valence-corrected chi connectivity index (χ3v) is 4.93. The van der Waals surface area contributed by atoms with Gasteiger partial charge in [-0.25, -0.2) is 14.4 Å². The van der Waals surface area contributed by atoms with Gasteiger partial charge >= 0.3 is 0 Å². The van der Waals surface area contributed by atoms with Crippen molar-refractivity contribution in [1.29, 1.82) is 0 Å². The Labute approximate surface area is 193 Å². The summed E-state index contributed by atoms with van der Waals surface area (Å²) >= 11 is 0. The molecule has 0 unspecified atom stereocenters. The fraction of sp³-hybridized carbons (Fsp3) is 0.333. The number of methoxy groups -OCH3 is 1. The summed E-state index contributed by atoms with van der Waals surface area (Å²) in [6.45, 7) is 1.81. The van der Waals surface area contributed by atoms with Crippen molar-refractivity contribution in [2.75, 3.05) is 18.8 Å². The smallest absolute Gasteiger partial charge is 0.272 e. The zero-order chi connectivity index (χ0) is 24.4. The van der Waals surface area contributed by atoms with E-state index in [9.17, 15) is 14.0 Å². The lowest BCUT2D eigenvalue weighted by Gasteiger charge is -2.27. The summed E-state index contributed by atoms with van der Waals surface area (Å²) in [7, 11) is 3.06. The van der Waals surface area contributed by atoms with Gasteiger partial charge in [0, 0.05) is 19.2 Å². The molecule has 178 valence electrons. The predicted molar refractivity (Wildman–Crippen MR) is 118 cm³/mol. The van der Waals surface area contributed by atoms with Crippen LogP contribution in [0.1, 0.15) is 40.7 Å². The van der Waals surface area contributed by atoms with Crippen molar-refractivity contribution in [3.8, 4) is 17.1 Å². The van der Waals surface area contributed by atoms with Gasteiger partial charge < -0.3 is 15.8 Å². The molecule has 3 N–H and O–H groups in total. The van der Waals surface area contributed by atoms with Crippen LogP contribution >= 0.6 is 0 Å². The highest BCUT2D eigenvalue weighted by Gasteiger charge is 2.29. The van der Waals surface area contributed by atoms with Crippen LogP contribution in [0.5, 0.6) is 5.75 Å². The summed E-state index contributed by atoms with van der Waals surface area (Å²) in [5, 5.41) is 15.8. The predicted octanol–water partition coefficient (Wildman–Crippen LogP) is 1.50. The molecule has 2 amide bonds. The zero-order valence-electron chi connectivity index (χ0n) is 18.8. The van der Waals surface area contributed by atoms with Gasteiger partial charge in [-0.1, -0.05) is 0 Å². The molecule has 1 saturated carbocycles. The van der Waals surface area contributed by atoms with Crippen molar-refractivity contribution < 1.29 is 23.6 Å². The Bertz CT molecular complexity index is 1240. The number of aryl methyl sites for hydroxylation is 1. The molecule has 13 heteroatoms. The van der Waals surface area contributed by atoms with Gasteiger partial charge in [-0.2, -0.15) is 5.10 Å². The van der Waals surface area contributed by atoms with E-state index in [2.05, 4.69) is 25.6 Å². The lowest BCUT2D eigenvalue weighted by atomic mass is 10.1. The van der Waals surface area contributed by atoms with Crippen molar-refractivity contribution in [3.63, 3.8) is 0 Å². The Morgan fingerprint density at radius 2 is 2.03 bits per heavy atom. The molecular formula is C21H23FN8O4. The van der Waals surface area contributed by atoms with E-state index in [4.69, 9.17) is 15.3 Å². The van der Waals surface area contributed by atoms with Crippen molar-refractivity contribution in [3.05, 3.63) is 41.7 Å². The summed E-state index contributed by atoms with van der Waals surface area (Å²) in [4.78, 5) is 34.7. The number of rotatable bonds is 9. The number of amides is 2. The quantitative estimate of drug-likeness (QED) is 0.443. The number of hydrogen-bond acceptors (Lipinski definition) is 9. The van der Waals surface area contributed by atoms with Crippen molar-refractivity contribution in [2.45, 2.75) is 25.8 Å². The van der Waals surface area contributed by atoms with Crippen molar-refractivity contribution in [2.24, 2.45) is 12.8 Å². The number of halogens is 1. The van der Waals surface area contributed by atoms with Gasteiger partial charge in [0.15, 0.2) is 23.0 Å².